The first-order valence-electron chi connectivity index (χ1n) is 4.70. The van der Waals surface area contributed by atoms with E-state index >= 15 is 0 Å². The Morgan fingerprint density at radius 2 is 2.25 bits per heavy atom. The number of hydrogen-bond donors (Lipinski definition) is 0. The zero-order valence-electron chi connectivity index (χ0n) is 9.03. The van der Waals surface area contributed by atoms with Crippen LogP contribution < -0.4 is 4.74 Å². The van der Waals surface area contributed by atoms with Crippen LogP contribution in [0.2, 0.25) is 0 Å². The lowest BCUT2D eigenvalue weighted by Gasteiger charge is -2.00. The van der Waals surface area contributed by atoms with Crippen LogP contribution in [0.1, 0.15) is 5.56 Å². The molecule has 0 bridgehead atoms. The molecule has 0 radical (unpaired) electrons. The second-order valence-electron chi connectivity index (χ2n) is 2.84. The minimum atomic E-state index is -0.578. The second kappa shape index (κ2) is 6.31. The number of carbonyl (C=O) groups is 1. The van der Waals surface area contributed by atoms with Gasteiger partial charge in [-0.15, -0.1) is 0 Å². The lowest BCUT2D eigenvalue weighted by molar-refractivity contribution is -0.135. The molecule has 0 atom stereocenters. The van der Waals surface area contributed by atoms with Crippen molar-refractivity contribution in [1.29, 1.82) is 0 Å². The van der Waals surface area contributed by atoms with E-state index in [0.717, 1.165) is 0 Å². The van der Waals surface area contributed by atoms with Crippen LogP contribution >= 0.6 is 0 Å². The van der Waals surface area contributed by atoms with Gasteiger partial charge in [-0.05, 0) is 12.1 Å². The molecule has 0 aliphatic rings. The highest BCUT2D eigenvalue weighted by Gasteiger charge is 1.98. The topological polar surface area (TPSA) is 35.5 Å². The zero-order valence-corrected chi connectivity index (χ0v) is 9.03. The molecule has 1 aromatic rings. The summed E-state index contributed by atoms with van der Waals surface area (Å²) in [6, 6.07) is 7.20. The molecular weight excluding hydrogens is 204 g/mol. The first kappa shape index (κ1) is 11.9. The van der Waals surface area contributed by atoms with Crippen molar-refractivity contribution in [2.24, 2.45) is 0 Å². The molecule has 0 heterocycles. The number of methoxy groups -OCH3 is 1. The molecule has 0 aliphatic carbocycles. The zero-order chi connectivity index (χ0) is 11.8. The molecule has 82 valence electrons. The van der Waals surface area contributed by atoms with Crippen molar-refractivity contribution < 1.29 is 14.3 Å². The third-order valence-electron chi connectivity index (χ3n) is 1.74. The Balaban J connectivity index is 2.75. The van der Waals surface area contributed by atoms with E-state index in [0.29, 0.717) is 11.3 Å². The van der Waals surface area contributed by atoms with E-state index < -0.39 is 5.97 Å². The summed E-state index contributed by atoms with van der Waals surface area (Å²) < 4.78 is 9.80. The second-order valence-corrected chi connectivity index (χ2v) is 2.84. The minimum Gasteiger partial charge on any atom is -0.495 e. The van der Waals surface area contributed by atoms with Gasteiger partial charge < -0.3 is 9.47 Å². The quantitative estimate of drug-likeness (QED) is 0.439. The molecule has 1 aromatic carbocycles. The van der Waals surface area contributed by atoms with Crippen LogP contribution in [0.3, 0.4) is 0 Å². The smallest absolute Gasteiger partial charge is 0.385 e. The Labute approximate surface area is 94.7 Å². The summed E-state index contributed by atoms with van der Waals surface area (Å²) in [5.41, 5.74) is 0.653. The highest BCUT2D eigenvalue weighted by atomic mass is 16.5. The fourth-order valence-electron chi connectivity index (χ4n) is 1.04. The van der Waals surface area contributed by atoms with E-state index in [1.807, 2.05) is 12.1 Å². The summed E-state index contributed by atoms with van der Waals surface area (Å²) in [7, 11) is 1.55. The van der Waals surface area contributed by atoms with Crippen LogP contribution in [0.15, 0.2) is 36.9 Å². The van der Waals surface area contributed by atoms with Crippen LogP contribution in [0.25, 0.3) is 0 Å². The molecule has 0 unspecified atom stereocenters. The van der Waals surface area contributed by atoms with Gasteiger partial charge in [0.1, 0.15) is 12.4 Å². The predicted octanol–water partition coefficient (Wildman–Crippen LogP) is 1.78. The molecule has 0 fully saturated rings. The summed E-state index contributed by atoms with van der Waals surface area (Å²) in [5, 5.41) is 0. The standard InChI is InChI=1S/C13H12O3/c1-3-10-16-13(14)9-8-11-6-4-5-7-12(11)15-2/h3-7H,1,10H2,2H3. The highest BCUT2D eigenvalue weighted by Crippen LogP contribution is 2.15. The van der Waals surface area contributed by atoms with Crippen molar-refractivity contribution in [1.82, 2.24) is 0 Å². The Morgan fingerprint density at radius 1 is 1.50 bits per heavy atom. The maximum Gasteiger partial charge on any atom is 0.385 e. The van der Waals surface area contributed by atoms with Gasteiger partial charge in [-0.1, -0.05) is 30.7 Å². The molecule has 0 spiro atoms. The first-order valence-corrected chi connectivity index (χ1v) is 4.70. The molecule has 3 heteroatoms. The maximum absolute atomic E-state index is 11.1. The number of ether oxygens (including phenoxy) is 2. The molecule has 0 N–H and O–H groups in total. The van der Waals surface area contributed by atoms with Crippen molar-refractivity contribution in [3.8, 4) is 17.6 Å². The van der Waals surface area contributed by atoms with E-state index in [4.69, 9.17) is 9.47 Å². The predicted molar refractivity (Wildman–Crippen MR) is 61.0 cm³/mol. The maximum atomic E-state index is 11.1. The molecule has 1 rings (SSSR count). The van der Waals surface area contributed by atoms with Gasteiger partial charge in [-0.3, -0.25) is 0 Å². The molecule has 0 amide bonds. The molecule has 0 saturated carbocycles. The van der Waals surface area contributed by atoms with Crippen LogP contribution in [0.4, 0.5) is 0 Å². The molecule has 16 heavy (non-hydrogen) atoms. The van der Waals surface area contributed by atoms with Gasteiger partial charge in [0, 0.05) is 5.92 Å². The number of para-hydroxylation sites is 1. The lowest BCUT2D eigenvalue weighted by Crippen LogP contribution is -2.00. The Bertz CT molecular complexity index is 438. The van der Waals surface area contributed by atoms with E-state index in [-0.39, 0.29) is 6.61 Å². The van der Waals surface area contributed by atoms with Crippen molar-refractivity contribution in [2.45, 2.75) is 0 Å². The fraction of sp³-hybridized carbons (Fsp3) is 0.154. The average Bonchev–Trinajstić information content (AvgIpc) is 2.34. The number of esters is 1. The Kier molecular flexibility index (Phi) is 4.68. The molecule has 0 saturated heterocycles. The minimum absolute atomic E-state index is 0.166. The van der Waals surface area contributed by atoms with Gasteiger partial charge in [0.05, 0.1) is 12.7 Å². The number of benzene rings is 1. The molecule has 0 aromatic heterocycles. The first-order chi connectivity index (χ1) is 7.77. The van der Waals surface area contributed by atoms with Crippen LogP contribution in [0, 0.1) is 11.8 Å². The fourth-order valence-corrected chi connectivity index (χ4v) is 1.04. The highest BCUT2D eigenvalue weighted by molar-refractivity contribution is 5.89. The summed E-state index contributed by atoms with van der Waals surface area (Å²) in [5.74, 6) is 5.11. The normalized spacial score (nSPS) is 8.56. The molecule has 3 nitrogen and oxygen atoms in total. The van der Waals surface area contributed by atoms with E-state index in [1.165, 1.54) is 6.08 Å². The lowest BCUT2D eigenvalue weighted by atomic mass is 10.2. The van der Waals surface area contributed by atoms with Crippen molar-refractivity contribution >= 4 is 5.97 Å². The average molecular weight is 216 g/mol. The van der Waals surface area contributed by atoms with Crippen molar-refractivity contribution in [3.63, 3.8) is 0 Å². The van der Waals surface area contributed by atoms with Crippen molar-refractivity contribution in [2.75, 3.05) is 13.7 Å². The number of carbonyl (C=O) groups excluding carboxylic acids is 1. The van der Waals surface area contributed by atoms with E-state index in [2.05, 4.69) is 18.4 Å². The van der Waals surface area contributed by atoms with Crippen LogP contribution in [-0.2, 0) is 9.53 Å². The Hall–Kier alpha value is -2.21. The SMILES string of the molecule is C=CCOC(=O)C#Cc1ccccc1OC. The number of hydrogen-bond acceptors (Lipinski definition) is 3. The van der Waals surface area contributed by atoms with Gasteiger partial charge >= 0.3 is 5.97 Å². The third kappa shape index (κ3) is 3.50. The van der Waals surface area contributed by atoms with E-state index in [1.54, 1.807) is 19.2 Å². The van der Waals surface area contributed by atoms with Gasteiger partial charge in [0.25, 0.3) is 0 Å². The summed E-state index contributed by atoms with van der Waals surface area (Å²) in [6.07, 6.45) is 1.49. The molecule has 0 aliphatic heterocycles. The summed E-state index contributed by atoms with van der Waals surface area (Å²) in [6.45, 7) is 3.60. The van der Waals surface area contributed by atoms with Crippen LogP contribution in [0.5, 0.6) is 5.75 Å². The van der Waals surface area contributed by atoms with Gasteiger partial charge in [-0.25, -0.2) is 4.79 Å². The monoisotopic (exact) mass is 216 g/mol. The summed E-state index contributed by atoms with van der Waals surface area (Å²) in [4.78, 5) is 11.1. The third-order valence-corrected chi connectivity index (χ3v) is 1.74. The largest absolute Gasteiger partial charge is 0.495 e. The Morgan fingerprint density at radius 3 is 2.94 bits per heavy atom. The number of rotatable bonds is 3. The van der Waals surface area contributed by atoms with Gasteiger partial charge in [0.2, 0.25) is 0 Å². The van der Waals surface area contributed by atoms with Crippen molar-refractivity contribution in [3.05, 3.63) is 42.5 Å². The van der Waals surface area contributed by atoms with E-state index in [9.17, 15) is 4.79 Å². The van der Waals surface area contributed by atoms with Crippen LogP contribution in [-0.4, -0.2) is 19.7 Å². The molecular formula is C13H12O3. The van der Waals surface area contributed by atoms with Gasteiger partial charge in [-0.2, -0.15) is 0 Å². The van der Waals surface area contributed by atoms with Gasteiger partial charge in [0.15, 0.2) is 0 Å². The summed E-state index contributed by atoms with van der Waals surface area (Å²) >= 11 is 0.